The predicted octanol–water partition coefficient (Wildman–Crippen LogP) is 3.67. The Morgan fingerprint density at radius 1 is 1.26 bits per heavy atom. The molecule has 0 spiro atoms. The highest BCUT2D eigenvalue weighted by Gasteiger charge is 2.43. The van der Waals surface area contributed by atoms with Crippen molar-refractivity contribution < 1.29 is 13.2 Å². The molecule has 2 saturated carbocycles. The van der Waals surface area contributed by atoms with E-state index in [1.54, 1.807) is 18.5 Å². The van der Waals surface area contributed by atoms with Crippen LogP contribution in [0, 0.1) is 23.2 Å². The molecule has 4 heterocycles. The molecule has 1 saturated heterocycles. The smallest absolute Gasteiger partial charge is 0.242 e. The van der Waals surface area contributed by atoms with Gasteiger partial charge < -0.3 is 4.90 Å². The Bertz CT molecular complexity index is 1560. The van der Waals surface area contributed by atoms with Crippen molar-refractivity contribution in [2.24, 2.45) is 11.8 Å². The van der Waals surface area contributed by atoms with Gasteiger partial charge in [-0.1, -0.05) is 25.2 Å². The van der Waals surface area contributed by atoms with Gasteiger partial charge in [0.1, 0.15) is 5.01 Å². The molecule has 12 heteroatoms. The molecule has 1 N–H and O–H groups in total. The molecule has 3 aromatic heterocycles. The van der Waals surface area contributed by atoms with Crippen LogP contribution in [-0.2, 0) is 14.8 Å². The summed E-state index contributed by atoms with van der Waals surface area (Å²) < 4.78 is 31.6. The number of imidazole rings is 1. The average molecular weight is 554 g/mol. The molecule has 6 rings (SSSR count). The fraction of sp³-hybridized carbons (Fsp3) is 0.577. The summed E-state index contributed by atoms with van der Waals surface area (Å²) in [6.07, 6.45) is 7.34. The highest BCUT2D eigenvalue weighted by molar-refractivity contribution is 7.89. The van der Waals surface area contributed by atoms with Crippen LogP contribution in [-0.4, -0.2) is 57.4 Å². The summed E-state index contributed by atoms with van der Waals surface area (Å²) in [6, 6.07) is 4.07. The third-order valence-electron chi connectivity index (χ3n) is 7.98. The fourth-order valence-electron chi connectivity index (χ4n) is 5.26. The molecule has 0 bridgehead atoms. The number of pyridine rings is 1. The van der Waals surface area contributed by atoms with Gasteiger partial charge in [-0.15, -0.1) is 10.2 Å². The molecule has 1 aliphatic heterocycles. The molecule has 2 unspecified atom stereocenters. The Balaban J connectivity index is 1.39. The number of nitrogens with one attached hydrogen (secondary N) is 1. The minimum atomic E-state index is -3.76. The molecule has 0 radical (unpaired) electrons. The lowest BCUT2D eigenvalue weighted by atomic mass is 9.89. The topological polar surface area (TPSA) is 133 Å². The van der Waals surface area contributed by atoms with E-state index >= 15 is 0 Å². The number of aromatic nitrogens is 4. The first-order valence-corrected chi connectivity index (χ1v) is 15.5. The Labute approximate surface area is 226 Å². The number of nitrogens with zero attached hydrogens (tertiary/aromatic N) is 6. The quantitative estimate of drug-likeness (QED) is 0.472. The van der Waals surface area contributed by atoms with Crippen LogP contribution in [0.3, 0.4) is 0 Å². The maximum Gasteiger partial charge on any atom is 0.242 e. The number of fused-ring (bicyclic) bond motifs is 1. The van der Waals surface area contributed by atoms with Gasteiger partial charge in [0.05, 0.1) is 28.6 Å². The number of carbonyl (C=O) groups excluding carboxylic acids is 1. The van der Waals surface area contributed by atoms with E-state index in [1.165, 1.54) is 11.3 Å². The van der Waals surface area contributed by atoms with Crippen LogP contribution in [0.15, 0.2) is 23.4 Å². The Morgan fingerprint density at radius 2 is 2.00 bits per heavy atom. The second kappa shape index (κ2) is 9.10. The van der Waals surface area contributed by atoms with E-state index in [-0.39, 0.29) is 34.5 Å². The highest BCUT2D eigenvalue weighted by atomic mass is 32.2. The normalized spacial score (nSPS) is 23.1. The zero-order valence-electron chi connectivity index (χ0n) is 21.7. The molecule has 3 fully saturated rings. The van der Waals surface area contributed by atoms with Crippen molar-refractivity contribution in [3.8, 4) is 16.9 Å². The highest BCUT2D eigenvalue weighted by Crippen LogP contribution is 2.48. The number of carbonyl (C=O) groups is 1. The van der Waals surface area contributed by atoms with E-state index in [2.05, 4.69) is 26.0 Å². The summed E-state index contributed by atoms with van der Waals surface area (Å²) in [7, 11) is -3.76. The molecule has 38 heavy (non-hydrogen) atoms. The van der Waals surface area contributed by atoms with Gasteiger partial charge in [0.2, 0.25) is 15.9 Å². The lowest BCUT2D eigenvalue weighted by Gasteiger charge is -2.33. The standard InChI is InChI=1S/C26H31N7O3S2/c1-15(2)25(34)32-8-4-16(5-9-32)19-11-18(38(35,36)31-26(3)6-7-26)14-33-21(19)13-28-22(33)24-30-29-23(37-24)20-10-17(20)12-27/h11,13-17,20,31H,4-10H2,1-3H3. The molecule has 0 aromatic carbocycles. The van der Waals surface area contributed by atoms with E-state index in [9.17, 15) is 18.5 Å². The Morgan fingerprint density at radius 3 is 2.63 bits per heavy atom. The van der Waals surface area contributed by atoms with Gasteiger partial charge in [-0.05, 0) is 56.6 Å². The third-order valence-corrected chi connectivity index (χ3v) is 10.6. The van der Waals surface area contributed by atoms with Gasteiger partial charge in [-0.2, -0.15) is 5.26 Å². The van der Waals surface area contributed by atoms with Gasteiger partial charge in [0.25, 0.3) is 0 Å². The Kier molecular flexibility index (Phi) is 6.09. The van der Waals surface area contributed by atoms with E-state index < -0.39 is 15.6 Å². The summed E-state index contributed by atoms with van der Waals surface area (Å²) in [5.41, 5.74) is 1.35. The maximum absolute atomic E-state index is 13.5. The molecule has 10 nitrogen and oxygen atoms in total. The number of sulfonamides is 1. The number of hydrogen-bond acceptors (Lipinski definition) is 8. The molecule has 2 atom stereocenters. The van der Waals surface area contributed by atoms with Crippen molar-refractivity contribution >= 4 is 32.8 Å². The maximum atomic E-state index is 13.5. The number of likely N-dealkylation sites (tertiary alicyclic amines) is 1. The summed E-state index contributed by atoms with van der Waals surface area (Å²) in [4.78, 5) is 19.3. The van der Waals surface area contributed by atoms with Crippen LogP contribution >= 0.6 is 11.3 Å². The summed E-state index contributed by atoms with van der Waals surface area (Å²) in [5.74, 6) is 0.847. The number of nitriles is 1. The SMILES string of the molecule is CC(C)C(=O)N1CCC(c2cc(S(=O)(=O)NC3(C)CC3)cn3c(-c4nnc(C5CC5C#N)s4)ncc23)CC1. The van der Waals surface area contributed by atoms with Crippen LogP contribution in [0.25, 0.3) is 16.3 Å². The predicted molar refractivity (Wildman–Crippen MR) is 142 cm³/mol. The first kappa shape index (κ1) is 25.4. The van der Waals surface area contributed by atoms with Crippen LogP contribution < -0.4 is 4.72 Å². The fourth-order valence-corrected chi connectivity index (χ4v) is 7.78. The van der Waals surface area contributed by atoms with E-state index in [1.807, 2.05) is 30.1 Å². The molecular formula is C26H31N7O3S2. The molecule has 3 aromatic rings. The monoisotopic (exact) mass is 553 g/mol. The Hall–Kier alpha value is -2.88. The number of piperidine rings is 1. The molecule has 2 aliphatic carbocycles. The van der Waals surface area contributed by atoms with Crippen molar-refractivity contribution in [3.63, 3.8) is 0 Å². The van der Waals surface area contributed by atoms with Crippen molar-refractivity contribution in [1.29, 1.82) is 5.26 Å². The average Bonchev–Trinajstić information content (AvgIpc) is 3.71. The van der Waals surface area contributed by atoms with Gasteiger partial charge in [-0.25, -0.2) is 18.1 Å². The number of amides is 1. The number of rotatable bonds is 7. The van der Waals surface area contributed by atoms with Crippen LogP contribution in [0.5, 0.6) is 0 Å². The summed E-state index contributed by atoms with van der Waals surface area (Å²) in [6.45, 7) is 7.03. The minimum Gasteiger partial charge on any atom is -0.342 e. The first-order valence-electron chi connectivity index (χ1n) is 13.2. The van der Waals surface area contributed by atoms with Gasteiger partial charge >= 0.3 is 0 Å². The van der Waals surface area contributed by atoms with Crippen molar-refractivity contribution in [1.82, 2.24) is 29.2 Å². The molecule has 1 amide bonds. The van der Waals surface area contributed by atoms with Crippen molar-refractivity contribution in [3.05, 3.63) is 29.0 Å². The van der Waals surface area contributed by atoms with Crippen LogP contribution in [0.1, 0.15) is 75.3 Å². The lowest BCUT2D eigenvalue weighted by molar-refractivity contribution is -0.135. The second-order valence-electron chi connectivity index (χ2n) is 11.4. The van der Waals surface area contributed by atoms with Crippen LogP contribution in [0.2, 0.25) is 0 Å². The molecule has 200 valence electrons. The summed E-state index contributed by atoms with van der Waals surface area (Å²) >= 11 is 1.41. The second-order valence-corrected chi connectivity index (χ2v) is 14.1. The van der Waals surface area contributed by atoms with E-state index in [0.717, 1.165) is 48.2 Å². The first-order chi connectivity index (χ1) is 18.1. The van der Waals surface area contributed by atoms with Crippen molar-refractivity contribution in [2.75, 3.05) is 13.1 Å². The van der Waals surface area contributed by atoms with E-state index in [0.29, 0.717) is 23.9 Å². The van der Waals surface area contributed by atoms with Crippen LogP contribution in [0.4, 0.5) is 0 Å². The third kappa shape index (κ3) is 4.61. The van der Waals surface area contributed by atoms with Crippen molar-refractivity contribution in [2.45, 2.75) is 75.1 Å². The zero-order valence-corrected chi connectivity index (χ0v) is 23.3. The summed E-state index contributed by atoms with van der Waals surface area (Å²) in [5, 5.41) is 19.3. The molecular weight excluding hydrogens is 522 g/mol. The molecule has 3 aliphatic rings. The largest absolute Gasteiger partial charge is 0.342 e. The van der Waals surface area contributed by atoms with Gasteiger partial charge in [-0.3, -0.25) is 9.20 Å². The minimum absolute atomic E-state index is 0.0144. The lowest BCUT2D eigenvalue weighted by Crippen LogP contribution is -2.40. The van der Waals surface area contributed by atoms with Gasteiger partial charge in [0.15, 0.2) is 10.8 Å². The van der Waals surface area contributed by atoms with E-state index in [4.69, 9.17) is 0 Å². The zero-order chi connectivity index (χ0) is 26.8. The van der Waals surface area contributed by atoms with Gasteiger partial charge in [0, 0.05) is 36.7 Å². The number of hydrogen-bond donors (Lipinski definition) is 1.